The van der Waals surface area contributed by atoms with E-state index in [0.717, 1.165) is 4.68 Å². The van der Waals surface area contributed by atoms with E-state index < -0.39 is 18.3 Å². The zero-order valence-corrected chi connectivity index (χ0v) is 20.3. The molecule has 3 aromatic rings. The third-order valence-electron chi connectivity index (χ3n) is 5.67. The van der Waals surface area contributed by atoms with E-state index in [-0.39, 0.29) is 17.7 Å². The largest absolute Gasteiger partial charge is 0.491 e. The van der Waals surface area contributed by atoms with Gasteiger partial charge in [0.1, 0.15) is 6.54 Å². The number of fused-ring (bicyclic) bond motifs is 1. The molecule has 0 N–H and O–H groups in total. The third-order valence-corrected chi connectivity index (χ3v) is 5.67. The van der Waals surface area contributed by atoms with Crippen molar-refractivity contribution < 1.29 is 27.4 Å². The highest BCUT2D eigenvalue weighted by molar-refractivity contribution is 6.12. The van der Waals surface area contributed by atoms with Gasteiger partial charge in [0.2, 0.25) is 0 Å². The Balaban J connectivity index is 1.74. The quantitative estimate of drug-likeness (QED) is 0.490. The number of pyridine rings is 2. The molecule has 35 heavy (non-hydrogen) atoms. The lowest BCUT2D eigenvalue weighted by molar-refractivity contribution is -0.142. The zero-order chi connectivity index (χ0) is 25.7. The highest BCUT2D eigenvalue weighted by Gasteiger charge is 2.47. The summed E-state index contributed by atoms with van der Waals surface area (Å²) in [6.45, 7) is 7.93. The minimum atomic E-state index is -4.42. The van der Waals surface area contributed by atoms with Crippen molar-refractivity contribution in [2.24, 2.45) is 0 Å². The van der Waals surface area contributed by atoms with Crippen LogP contribution in [0.15, 0.2) is 30.7 Å². The van der Waals surface area contributed by atoms with Crippen molar-refractivity contribution in [1.82, 2.24) is 19.7 Å². The van der Waals surface area contributed by atoms with E-state index in [0.29, 0.717) is 39.7 Å². The Morgan fingerprint density at radius 3 is 2.51 bits per heavy atom. The molecule has 0 atom stereocenters. The minimum Gasteiger partial charge on any atom is -0.491 e. The van der Waals surface area contributed by atoms with E-state index in [4.69, 9.17) is 14.5 Å². The summed E-state index contributed by atoms with van der Waals surface area (Å²) in [5.74, 6) is 0.469. The molecule has 186 valence electrons. The number of aromatic nitrogens is 4. The molecule has 0 aromatic carbocycles. The second-order valence-electron chi connectivity index (χ2n) is 9.16. The van der Waals surface area contributed by atoms with Gasteiger partial charge < -0.3 is 9.47 Å². The fourth-order valence-electron chi connectivity index (χ4n) is 4.21. The third kappa shape index (κ3) is 4.54. The second kappa shape index (κ2) is 8.54. The highest BCUT2D eigenvalue weighted by Crippen LogP contribution is 2.43. The van der Waals surface area contributed by atoms with Crippen molar-refractivity contribution >= 4 is 11.6 Å². The molecule has 3 aromatic heterocycles. The van der Waals surface area contributed by atoms with E-state index in [2.05, 4.69) is 10.1 Å². The summed E-state index contributed by atoms with van der Waals surface area (Å²) in [7, 11) is 1.52. The molecular weight excluding hydrogens is 463 g/mol. The number of ether oxygens (including phenoxy) is 2. The molecule has 8 nitrogen and oxygen atoms in total. The number of halogens is 3. The molecule has 0 spiro atoms. The van der Waals surface area contributed by atoms with Crippen molar-refractivity contribution in [2.45, 2.75) is 59.0 Å². The molecule has 0 bridgehead atoms. The van der Waals surface area contributed by atoms with Gasteiger partial charge in [-0.05, 0) is 52.3 Å². The summed E-state index contributed by atoms with van der Waals surface area (Å²) in [6.07, 6.45) is -0.403. The number of amides is 1. The summed E-state index contributed by atoms with van der Waals surface area (Å²) in [6, 6.07) is 3.55. The van der Waals surface area contributed by atoms with Gasteiger partial charge in [-0.15, -0.1) is 0 Å². The van der Waals surface area contributed by atoms with Crippen LogP contribution >= 0.6 is 0 Å². The smallest absolute Gasteiger partial charge is 0.408 e. The van der Waals surface area contributed by atoms with Gasteiger partial charge in [-0.25, -0.2) is 9.97 Å². The summed E-state index contributed by atoms with van der Waals surface area (Å²) in [4.78, 5) is 24.0. The standard InChI is InChI=1S/C24H26F3N5O3/c1-13(2)35-21-18(34-6)8-15(9-28-21)17-7-14(3)19-20(30-17)23(4,5)32(22(19)33)16-10-29-31(11-16)12-24(25,26)27/h7-11,13H,12H2,1-6H3. The first-order valence-corrected chi connectivity index (χ1v) is 11.0. The van der Waals surface area contributed by atoms with Gasteiger partial charge in [0.25, 0.3) is 11.8 Å². The van der Waals surface area contributed by atoms with Crippen LogP contribution in [-0.4, -0.2) is 45.0 Å². The van der Waals surface area contributed by atoms with Crippen LogP contribution in [0.1, 0.15) is 49.3 Å². The molecule has 0 fully saturated rings. The maximum Gasteiger partial charge on any atom is 0.408 e. The van der Waals surface area contributed by atoms with Gasteiger partial charge in [-0.3, -0.25) is 14.4 Å². The van der Waals surface area contributed by atoms with E-state index in [1.807, 2.05) is 13.8 Å². The number of aryl methyl sites for hydroxylation is 1. The molecule has 0 unspecified atom stereocenters. The van der Waals surface area contributed by atoms with Crippen LogP contribution in [0.4, 0.5) is 18.9 Å². The summed E-state index contributed by atoms with van der Waals surface area (Å²) in [5.41, 5.74) is 2.21. The molecule has 11 heteroatoms. The number of hydrogen-bond donors (Lipinski definition) is 0. The number of alkyl halides is 3. The summed E-state index contributed by atoms with van der Waals surface area (Å²) < 4.78 is 50.3. The van der Waals surface area contributed by atoms with Crippen molar-refractivity contribution in [3.8, 4) is 22.9 Å². The topological polar surface area (TPSA) is 82.4 Å². The van der Waals surface area contributed by atoms with Crippen molar-refractivity contribution in [2.75, 3.05) is 12.0 Å². The van der Waals surface area contributed by atoms with Gasteiger partial charge in [0.15, 0.2) is 5.75 Å². The normalized spacial score (nSPS) is 15.0. The van der Waals surface area contributed by atoms with Crippen LogP contribution in [0.2, 0.25) is 0 Å². The van der Waals surface area contributed by atoms with Crippen molar-refractivity contribution in [1.29, 1.82) is 0 Å². The molecular formula is C24H26F3N5O3. The van der Waals surface area contributed by atoms with Gasteiger partial charge in [-0.1, -0.05) is 0 Å². The van der Waals surface area contributed by atoms with Crippen molar-refractivity contribution in [3.05, 3.63) is 47.5 Å². The van der Waals surface area contributed by atoms with E-state index in [9.17, 15) is 18.0 Å². The van der Waals surface area contributed by atoms with E-state index in [1.165, 1.54) is 24.4 Å². The SMILES string of the molecule is COc1cc(-c2cc(C)c3c(n2)C(C)(C)N(c2cnn(CC(F)(F)F)c2)C3=O)cnc1OC(C)C. The average Bonchev–Trinajstić information content (AvgIpc) is 3.26. The molecule has 0 saturated heterocycles. The van der Waals surface area contributed by atoms with E-state index in [1.54, 1.807) is 39.1 Å². The van der Waals surface area contributed by atoms with Crippen LogP contribution in [0, 0.1) is 6.92 Å². The minimum absolute atomic E-state index is 0.0825. The van der Waals surface area contributed by atoms with Gasteiger partial charge in [0, 0.05) is 18.0 Å². The lowest BCUT2D eigenvalue weighted by Gasteiger charge is -2.30. The van der Waals surface area contributed by atoms with Gasteiger partial charge in [-0.2, -0.15) is 18.3 Å². The van der Waals surface area contributed by atoms with Crippen LogP contribution in [0.25, 0.3) is 11.3 Å². The molecule has 0 aliphatic carbocycles. The van der Waals surface area contributed by atoms with Crippen LogP contribution < -0.4 is 14.4 Å². The molecule has 0 radical (unpaired) electrons. The first-order chi connectivity index (χ1) is 16.3. The van der Waals surface area contributed by atoms with E-state index >= 15 is 0 Å². The predicted molar refractivity (Wildman–Crippen MR) is 123 cm³/mol. The zero-order valence-electron chi connectivity index (χ0n) is 20.3. The van der Waals surface area contributed by atoms with Crippen LogP contribution in [0.3, 0.4) is 0 Å². The Bertz CT molecular complexity index is 1280. The van der Waals surface area contributed by atoms with Crippen molar-refractivity contribution in [3.63, 3.8) is 0 Å². The van der Waals surface area contributed by atoms with Crippen LogP contribution in [0.5, 0.6) is 11.6 Å². The Morgan fingerprint density at radius 1 is 1.17 bits per heavy atom. The number of nitrogens with zero attached hydrogens (tertiary/aromatic N) is 5. The number of carbonyl (C=O) groups excluding carboxylic acids is 1. The van der Waals surface area contributed by atoms with Gasteiger partial charge >= 0.3 is 6.18 Å². The predicted octanol–water partition coefficient (Wildman–Crippen LogP) is 4.90. The van der Waals surface area contributed by atoms with Gasteiger partial charge in [0.05, 0.1) is 47.6 Å². The molecule has 1 amide bonds. The Morgan fingerprint density at radius 2 is 1.89 bits per heavy atom. The Hall–Kier alpha value is -3.63. The number of hydrogen-bond acceptors (Lipinski definition) is 6. The highest BCUT2D eigenvalue weighted by atomic mass is 19.4. The fourth-order valence-corrected chi connectivity index (χ4v) is 4.21. The lowest BCUT2D eigenvalue weighted by atomic mass is 9.96. The summed E-state index contributed by atoms with van der Waals surface area (Å²) in [5, 5.41) is 3.79. The first-order valence-electron chi connectivity index (χ1n) is 11.0. The second-order valence-corrected chi connectivity index (χ2v) is 9.16. The first kappa shape index (κ1) is 24.5. The monoisotopic (exact) mass is 489 g/mol. The fraction of sp³-hybridized carbons (Fsp3) is 0.417. The number of carbonyl (C=O) groups is 1. The molecule has 1 aliphatic heterocycles. The number of anilines is 1. The molecule has 1 aliphatic rings. The number of methoxy groups -OCH3 is 1. The maximum absolute atomic E-state index is 13.4. The Labute approximate surface area is 200 Å². The number of rotatable bonds is 6. The molecule has 0 saturated carbocycles. The molecule has 4 rings (SSSR count). The Kier molecular flexibility index (Phi) is 5.98. The molecule has 4 heterocycles. The maximum atomic E-state index is 13.4. The van der Waals surface area contributed by atoms with Crippen LogP contribution in [-0.2, 0) is 12.1 Å². The lowest BCUT2D eigenvalue weighted by Crippen LogP contribution is -2.39. The average molecular weight is 489 g/mol. The summed E-state index contributed by atoms with van der Waals surface area (Å²) >= 11 is 0.